The van der Waals surface area contributed by atoms with Crippen molar-refractivity contribution < 1.29 is 4.79 Å². The van der Waals surface area contributed by atoms with E-state index in [0.29, 0.717) is 18.5 Å². The zero-order valence-electron chi connectivity index (χ0n) is 13.2. The predicted molar refractivity (Wildman–Crippen MR) is 89.9 cm³/mol. The minimum absolute atomic E-state index is 0.186. The van der Waals surface area contributed by atoms with E-state index in [4.69, 9.17) is 0 Å². The van der Waals surface area contributed by atoms with E-state index < -0.39 is 0 Å². The number of hydrogen-bond acceptors (Lipinski definition) is 3. The molecule has 0 aromatic heterocycles. The first-order valence-electron chi connectivity index (χ1n) is 7.77. The highest BCUT2D eigenvalue weighted by molar-refractivity contribution is 7.99. The molecule has 1 saturated heterocycles. The first-order valence-corrected chi connectivity index (χ1v) is 8.76. The number of benzene rings is 1. The molecule has 2 atom stereocenters. The van der Waals surface area contributed by atoms with Crippen LogP contribution < -0.4 is 10.6 Å². The van der Waals surface area contributed by atoms with Crippen molar-refractivity contribution >= 4 is 17.7 Å². The lowest BCUT2D eigenvalue weighted by molar-refractivity contribution is -0.121. The number of rotatable bonds is 5. The van der Waals surface area contributed by atoms with E-state index in [1.807, 2.05) is 0 Å². The molecule has 21 heavy (non-hydrogen) atoms. The second-order valence-electron chi connectivity index (χ2n) is 5.99. The summed E-state index contributed by atoms with van der Waals surface area (Å²) >= 11 is 1.76. The summed E-state index contributed by atoms with van der Waals surface area (Å²) in [6, 6.07) is 7.34. The molecule has 0 saturated carbocycles. The maximum atomic E-state index is 12.0. The lowest BCUT2D eigenvalue weighted by Gasteiger charge is -2.28. The van der Waals surface area contributed by atoms with Gasteiger partial charge in [-0.25, -0.2) is 0 Å². The van der Waals surface area contributed by atoms with Crippen LogP contribution in [0.15, 0.2) is 23.1 Å². The number of thioether (sulfide) groups is 1. The van der Waals surface area contributed by atoms with Gasteiger partial charge in [0.2, 0.25) is 5.91 Å². The van der Waals surface area contributed by atoms with Gasteiger partial charge in [0.05, 0.1) is 0 Å². The molecular formula is C17H26N2OS. The Kier molecular flexibility index (Phi) is 6.12. The standard InChI is InChI=1S/C17H26N2OS/c1-12-4-5-16(10-13(12)2)21-9-7-17(20)19-15-6-8-18-14(3)11-15/h4-5,10,14-15,18H,6-9,11H2,1-3H3,(H,19,20). The van der Waals surface area contributed by atoms with Crippen molar-refractivity contribution in [3.05, 3.63) is 29.3 Å². The number of nitrogens with one attached hydrogen (secondary N) is 2. The van der Waals surface area contributed by atoms with Crippen molar-refractivity contribution in [2.45, 2.75) is 57.0 Å². The molecule has 2 N–H and O–H groups in total. The molecule has 1 aliphatic heterocycles. The Balaban J connectivity index is 1.70. The molecule has 1 heterocycles. The van der Waals surface area contributed by atoms with Crippen molar-refractivity contribution in [2.75, 3.05) is 12.3 Å². The van der Waals surface area contributed by atoms with Crippen LogP contribution in [0.2, 0.25) is 0 Å². The number of aryl methyl sites for hydroxylation is 2. The minimum atomic E-state index is 0.186. The molecule has 3 nitrogen and oxygen atoms in total. The van der Waals surface area contributed by atoms with Gasteiger partial charge in [0, 0.05) is 29.2 Å². The summed E-state index contributed by atoms with van der Waals surface area (Å²) < 4.78 is 0. The zero-order chi connectivity index (χ0) is 15.2. The van der Waals surface area contributed by atoms with Gasteiger partial charge in [-0.2, -0.15) is 0 Å². The number of hydrogen-bond donors (Lipinski definition) is 2. The lowest BCUT2D eigenvalue weighted by Crippen LogP contribution is -2.46. The van der Waals surface area contributed by atoms with Gasteiger partial charge < -0.3 is 10.6 Å². The molecule has 0 spiro atoms. The van der Waals surface area contributed by atoms with Crippen LogP contribution in [0.3, 0.4) is 0 Å². The number of piperidine rings is 1. The maximum absolute atomic E-state index is 12.0. The van der Waals surface area contributed by atoms with Crippen LogP contribution >= 0.6 is 11.8 Å². The third-order valence-corrected chi connectivity index (χ3v) is 5.06. The normalized spacial score (nSPS) is 22.0. The van der Waals surface area contributed by atoms with E-state index in [1.165, 1.54) is 16.0 Å². The first-order chi connectivity index (χ1) is 10.0. The van der Waals surface area contributed by atoms with Gasteiger partial charge in [-0.3, -0.25) is 4.79 Å². The Morgan fingerprint density at radius 3 is 2.90 bits per heavy atom. The maximum Gasteiger partial charge on any atom is 0.221 e. The predicted octanol–water partition coefficient (Wildman–Crippen LogP) is 3.04. The third kappa shape index (κ3) is 5.36. The molecule has 1 aromatic carbocycles. The number of carbonyl (C=O) groups is 1. The number of carbonyl (C=O) groups excluding carboxylic acids is 1. The Bertz CT molecular complexity index is 490. The van der Waals surface area contributed by atoms with E-state index in [-0.39, 0.29) is 5.91 Å². The van der Waals surface area contributed by atoms with Gasteiger partial charge >= 0.3 is 0 Å². The second-order valence-corrected chi connectivity index (χ2v) is 7.16. The summed E-state index contributed by atoms with van der Waals surface area (Å²) in [6.45, 7) is 7.43. The highest BCUT2D eigenvalue weighted by atomic mass is 32.2. The third-order valence-electron chi connectivity index (χ3n) is 4.07. The summed E-state index contributed by atoms with van der Waals surface area (Å²) in [5.41, 5.74) is 2.63. The highest BCUT2D eigenvalue weighted by Crippen LogP contribution is 2.21. The topological polar surface area (TPSA) is 41.1 Å². The van der Waals surface area contributed by atoms with Crippen LogP contribution in [-0.4, -0.2) is 30.3 Å². The second kappa shape index (κ2) is 7.85. The SMILES string of the molecule is Cc1ccc(SCCC(=O)NC2CCNC(C)C2)cc1C. The van der Waals surface area contributed by atoms with Crippen molar-refractivity contribution in [3.63, 3.8) is 0 Å². The molecule has 4 heteroatoms. The largest absolute Gasteiger partial charge is 0.353 e. The van der Waals surface area contributed by atoms with Crippen LogP contribution in [-0.2, 0) is 4.79 Å². The van der Waals surface area contributed by atoms with Crippen molar-refractivity contribution in [2.24, 2.45) is 0 Å². The summed E-state index contributed by atoms with van der Waals surface area (Å²) in [5, 5.41) is 6.57. The van der Waals surface area contributed by atoms with Gasteiger partial charge in [0.25, 0.3) is 0 Å². The molecule has 2 rings (SSSR count). The molecule has 1 fully saturated rings. The smallest absolute Gasteiger partial charge is 0.221 e. The summed E-state index contributed by atoms with van der Waals surface area (Å²) in [5.74, 6) is 1.03. The van der Waals surface area contributed by atoms with E-state index in [1.54, 1.807) is 11.8 Å². The van der Waals surface area contributed by atoms with Gasteiger partial charge in [-0.1, -0.05) is 6.07 Å². The van der Waals surface area contributed by atoms with Crippen LogP contribution in [0.1, 0.15) is 37.3 Å². The van der Waals surface area contributed by atoms with E-state index >= 15 is 0 Å². The summed E-state index contributed by atoms with van der Waals surface area (Å²) in [4.78, 5) is 13.2. The van der Waals surface area contributed by atoms with Crippen molar-refractivity contribution in [3.8, 4) is 0 Å². The molecular weight excluding hydrogens is 280 g/mol. The molecule has 2 unspecified atom stereocenters. The van der Waals surface area contributed by atoms with Gasteiger partial charge in [-0.15, -0.1) is 11.8 Å². The van der Waals surface area contributed by atoms with E-state index in [2.05, 4.69) is 49.6 Å². The molecule has 1 amide bonds. The molecule has 1 aliphatic rings. The molecule has 0 radical (unpaired) electrons. The number of amides is 1. The van der Waals surface area contributed by atoms with Crippen LogP contribution in [0, 0.1) is 13.8 Å². The Hall–Kier alpha value is -1.00. The van der Waals surface area contributed by atoms with Gasteiger partial charge in [0.15, 0.2) is 0 Å². The minimum Gasteiger partial charge on any atom is -0.353 e. The van der Waals surface area contributed by atoms with Crippen molar-refractivity contribution in [1.29, 1.82) is 0 Å². The fourth-order valence-electron chi connectivity index (χ4n) is 2.63. The Labute approximate surface area is 132 Å². The first kappa shape index (κ1) is 16.4. The van der Waals surface area contributed by atoms with Crippen LogP contribution in [0.4, 0.5) is 0 Å². The van der Waals surface area contributed by atoms with Crippen LogP contribution in [0.5, 0.6) is 0 Å². The Morgan fingerprint density at radius 1 is 1.38 bits per heavy atom. The van der Waals surface area contributed by atoms with Crippen LogP contribution in [0.25, 0.3) is 0 Å². The monoisotopic (exact) mass is 306 g/mol. The molecule has 116 valence electrons. The summed E-state index contributed by atoms with van der Waals surface area (Å²) in [7, 11) is 0. The fourth-order valence-corrected chi connectivity index (χ4v) is 3.58. The van der Waals surface area contributed by atoms with E-state index in [9.17, 15) is 4.79 Å². The molecule has 0 bridgehead atoms. The Morgan fingerprint density at radius 2 is 2.19 bits per heavy atom. The zero-order valence-corrected chi connectivity index (χ0v) is 14.1. The lowest BCUT2D eigenvalue weighted by atomic mass is 10.0. The average molecular weight is 306 g/mol. The summed E-state index contributed by atoms with van der Waals surface area (Å²) in [6.07, 6.45) is 2.67. The van der Waals surface area contributed by atoms with Gasteiger partial charge in [0.1, 0.15) is 0 Å². The average Bonchev–Trinajstić information content (AvgIpc) is 2.43. The molecule has 1 aromatic rings. The van der Waals surface area contributed by atoms with E-state index in [0.717, 1.165) is 25.1 Å². The van der Waals surface area contributed by atoms with Gasteiger partial charge in [-0.05, 0) is 63.4 Å². The fraction of sp³-hybridized carbons (Fsp3) is 0.588. The molecule has 0 aliphatic carbocycles. The quantitative estimate of drug-likeness (QED) is 0.822. The highest BCUT2D eigenvalue weighted by Gasteiger charge is 2.19. The van der Waals surface area contributed by atoms with Crippen molar-refractivity contribution in [1.82, 2.24) is 10.6 Å².